The normalized spacial score (nSPS) is 11.4. The monoisotopic (exact) mass is 305 g/mol. The van der Waals surface area contributed by atoms with Gasteiger partial charge in [-0.15, -0.1) is 11.3 Å². The summed E-state index contributed by atoms with van der Waals surface area (Å²) in [4.78, 5) is 16.3. The lowest BCUT2D eigenvalue weighted by molar-refractivity contribution is 0.0699. The zero-order valence-electron chi connectivity index (χ0n) is 12.6. The molecule has 0 saturated heterocycles. The average molecular weight is 305 g/mol. The highest BCUT2D eigenvalue weighted by Gasteiger charge is 2.27. The lowest BCUT2D eigenvalue weighted by Crippen LogP contribution is -2.16. The Hall–Kier alpha value is -1.88. The fraction of sp³-hybridized carbons (Fsp3) is 0.375. The molecule has 0 aliphatic rings. The first-order chi connectivity index (χ1) is 9.82. The molecule has 1 aromatic heterocycles. The summed E-state index contributed by atoms with van der Waals surface area (Å²) >= 11 is 1.21. The molecule has 0 aliphatic carbocycles. The van der Waals surface area contributed by atoms with Gasteiger partial charge in [0.05, 0.1) is 12.3 Å². The van der Waals surface area contributed by atoms with Crippen LogP contribution in [0.15, 0.2) is 24.3 Å². The molecule has 0 aliphatic heterocycles. The molecule has 1 heterocycles. The van der Waals surface area contributed by atoms with Crippen LogP contribution in [0, 0.1) is 0 Å². The number of hydrogen-bond acceptors (Lipinski definition) is 4. The fourth-order valence-corrected chi connectivity index (χ4v) is 3.09. The van der Waals surface area contributed by atoms with Gasteiger partial charge in [-0.1, -0.05) is 32.9 Å². The highest BCUT2D eigenvalue weighted by Crippen LogP contribution is 2.35. The fourth-order valence-electron chi connectivity index (χ4n) is 1.98. The van der Waals surface area contributed by atoms with Crippen molar-refractivity contribution in [3.8, 4) is 16.3 Å². The number of rotatable bonds is 4. The molecular weight excluding hydrogens is 286 g/mol. The third kappa shape index (κ3) is 3.42. The van der Waals surface area contributed by atoms with Crippen molar-refractivity contribution in [2.24, 2.45) is 0 Å². The van der Waals surface area contributed by atoms with Crippen molar-refractivity contribution >= 4 is 17.3 Å². The van der Waals surface area contributed by atoms with Crippen LogP contribution in [0.4, 0.5) is 0 Å². The topological polar surface area (TPSA) is 59.4 Å². The van der Waals surface area contributed by atoms with E-state index in [1.54, 1.807) is 0 Å². The quantitative estimate of drug-likeness (QED) is 0.919. The van der Waals surface area contributed by atoms with Crippen LogP contribution in [-0.4, -0.2) is 22.7 Å². The number of hydrogen-bond donors (Lipinski definition) is 1. The van der Waals surface area contributed by atoms with Gasteiger partial charge in [-0.05, 0) is 19.1 Å². The third-order valence-electron chi connectivity index (χ3n) is 2.92. The molecule has 1 N–H and O–H groups in total. The van der Waals surface area contributed by atoms with E-state index in [1.807, 2.05) is 52.0 Å². The van der Waals surface area contributed by atoms with Crippen molar-refractivity contribution < 1.29 is 14.6 Å². The maximum Gasteiger partial charge on any atom is 0.347 e. The predicted octanol–water partition coefficient (Wildman–Crippen LogP) is 4.20. The second-order valence-electron chi connectivity index (χ2n) is 5.71. The standard InChI is InChI=1S/C16H19NO3S/c1-5-20-11-8-6-7-10(9-11)14-17-13(16(2,3)4)12(21-14)15(18)19/h6-9H,5H2,1-4H3,(H,18,19). The van der Waals surface area contributed by atoms with Crippen molar-refractivity contribution in [1.82, 2.24) is 4.98 Å². The Morgan fingerprint density at radius 2 is 2.10 bits per heavy atom. The highest BCUT2D eigenvalue weighted by molar-refractivity contribution is 7.17. The molecule has 2 rings (SSSR count). The van der Waals surface area contributed by atoms with Crippen LogP contribution in [0.1, 0.15) is 43.1 Å². The minimum Gasteiger partial charge on any atom is -0.494 e. The average Bonchev–Trinajstić information content (AvgIpc) is 2.84. The number of benzene rings is 1. The summed E-state index contributed by atoms with van der Waals surface area (Å²) < 4.78 is 5.48. The van der Waals surface area contributed by atoms with E-state index in [0.29, 0.717) is 22.2 Å². The van der Waals surface area contributed by atoms with E-state index in [2.05, 4.69) is 4.98 Å². The Morgan fingerprint density at radius 1 is 1.38 bits per heavy atom. The number of carbonyl (C=O) groups is 1. The molecular formula is C16H19NO3S. The Bertz CT molecular complexity index is 656. The molecule has 0 amide bonds. The molecule has 0 fully saturated rings. The molecule has 1 aromatic carbocycles. The van der Waals surface area contributed by atoms with Crippen molar-refractivity contribution in [1.29, 1.82) is 0 Å². The van der Waals surface area contributed by atoms with Crippen molar-refractivity contribution in [3.05, 3.63) is 34.8 Å². The van der Waals surface area contributed by atoms with E-state index >= 15 is 0 Å². The van der Waals surface area contributed by atoms with E-state index in [9.17, 15) is 9.90 Å². The third-order valence-corrected chi connectivity index (χ3v) is 4.02. The minimum atomic E-state index is -0.926. The van der Waals surface area contributed by atoms with Gasteiger partial charge in [0.2, 0.25) is 0 Å². The SMILES string of the molecule is CCOc1cccc(-c2nc(C(C)(C)C)c(C(=O)O)s2)c1. The lowest BCUT2D eigenvalue weighted by Gasteiger charge is -2.16. The van der Waals surface area contributed by atoms with Gasteiger partial charge < -0.3 is 9.84 Å². The number of nitrogens with zero attached hydrogens (tertiary/aromatic N) is 1. The van der Waals surface area contributed by atoms with Gasteiger partial charge in [0.15, 0.2) is 0 Å². The van der Waals surface area contributed by atoms with Crippen LogP contribution in [0.2, 0.25) is 0 Å². The van der Waals surface area contributed by atoms with Gasteiger partial charge in [-0.25, -0.2) is 9.78 Å². The first kappa shape index (κ1) is 15.5. The molecule has 0 spiro atoms. The van der Waals surface area contributed by atoms with Crippen LogP contribution in [-0.2, 0) is 5.41 Å². The summed E-state index contributed by atoms with van der Waals surface area (Å²) in [6, 6.07) is 7.57. The van der Waals surface area contributed by atoms with Crippen molar-refractivity contribution in [2.45, 2.75) is 33.1 Å². The molecule has 0 saturated carbocycles. The molecule has 4 nitrogen and oxygen atoms in total. The Kier molecular flexibility index (Phi) is 4.32. The number of thiazole rings is 1. The summed E-state index contributed by atoms with van der Waals surface area (Å²) in [5.41, 5.74) is 1.20. The van der Waals surface area contributed by atoms with Crippen LogP contribution in [0.3, 0.4) is 0 Å². The Labute approximate surface area is 128 Å². The molecule has 0 radical (unpaired) electrons. The Balaban J connectivity index is 2.50. The molecule has 5 heteroatoms. The second kappa shape index (κ2) is 5.85. The molecule has 2 aromatic rings. The smallest absolute Gasteiger partial charge is 0.347 e. The van der Waals surface area contributed by atoms with E-state index in [4.69, 9.17) is 4.74 Å². The molecule has 21 heavy (non-hydrogen) atoms. The molecule has 0 unspecified atom stereocenters. The minimum absolute atomic E-state index is 0.305. The number of aromatic carboxylic acids is 1. The zero-order valence-corrected chi connectivity index (χ0v) is 13.5. The summed E-state index contributed by atoms with van der Waals surface area (Å²) in [6.07, 6.45) is 0. The van der Waals surface area contributed by atoms with E-state index in [-0.39, 0.29) is 5.41 Å². The van der Waals surface area contributed by atoms with E-state index < -0.39 is 5.97 Å². The van der Waals surface area contributed by atoms with Crippen LogP contribution in [0.5, 0.6) is 5.75 Å². The maximum absolute atomic E-state index is 11.4. The van der Waals surface area contributed by atoms with Crippen molar-refractivity contribution in [3.63, 3.8) is 0 Å². The van der Waals surface area contributed by atoms with Crippen LogP contribution >= 0.6 is 11.3 Å². The van der Waals surface area contributed by atoms with Gasteiger partial charge in [0.25, 0.3) is 0 Å². The predicted molar refractivity (Wildman–Crippen MR) is 84.4 cm³/mol. The second-order valence-corrected chi connectivity index (χ2v) is 6.71. The summed E-state index contributed by atoms with van der Waals surface area (Å²) in [5, 5.41) is 10.1. The van der Waals surface area contributed by atoms with Crippen LogP contribution in [0.25, 0.3) is 10.6 Å². The Morgan fingerprint density at radius 3 is 2.62 bits per heavy atom. The summed E-state index contributed by atoms with van der Waals surface area (Å²) in [6.45, 7) is 8.42. The summed E-state index contributed by atoms with van der Waals surface area (Å²) in [7, 11) is 0. The summed E-state index contributed by atoms with van der Waals surface area (Å²) in [5.74, 6) is -0.163. The van der Waals surface area contributed by atoms with Crippen LogP contribution < -0.4 is 4.74 Å². The number of carboxylic acid groups (broad SMARTS) is 1. The molecule has 0 atom stereocenters. The largest absolute Gasteiger partial charge is 0.494 e. The number of ether oxygens (including phenoxy) is 1. The highest BCUT2D eigenvalue weighted by atomic mass is 32.1. The lowest BCUT2D eigenvalue weighted by atomic mass is 9.91. The van der Waals surface area contributed by atoms with Gasteiger partial charge >= 0.3 is 5.97 Å². The van der Waals surface area contributed by atoms with E-state index in [1.165, 1.54) is 11.3 Å². The molecule has 112 valence electrons. The van der Waals surface area contributed by atoms with Gasteiger partial charge in [0.1, 0.15) is 15.6 Å². The van der Waals surface area contributed by atoms with Gasteiger partial charge in [-0.3, -0.25) is 0 Å². The van der Waals surface area contributed by atoms with E-state index in [0.717, 1.165) is 11.3 Å². The number of carboxylic acids is 1. The first-order valence-corrected chi connectivity index (χ1v) is 7.62. The number of aromatic nitrogens is 1. The van der Waals surface area contributed by atoms with Gasteiger partial charge in [-0.2, -0.15) is 0 Å². The first-order valence-electron chi connectivity index (χ1n) is 6.80. The zero-order chi connectivity index (χ0) is 15.6. The maximum atomic E-state index is 11.4. The van der Waals surface area contributed by atoms with Crippen molar-refractivity contribution in [2.75, 3.05) is 6.61 Å². The van der Waals surface area contributed by atoms with Gasteiger partial charge in [0, 0.05) is 11.0 Å². The molecule has 0 bridgehead atoms.